The molecule has 108 valence electrons. The Morgan fingerprint density at radius 3 is 2.11 bits per heavy atom. The van der Waals surface area contributed by atoms with E-state index in [2.05, 4.69) is 12.6 Å². The summed E-state index contributed by atoms with van der Waals surface area (Å²) in [6.07, 6.45) is 9.28. The zero-order valence-corrected chi connectivity index (χ0v) is 14.4. The highest BCUT2D eigenvalue weighted by Crippen LogP contribution is 2.28. The topological polar surface area (TPSA) is 0 Å². The lowest BCUT2D eigenvalue weighted by Gasteiger charge is -2.04. The molecule has 0 aliphatic carbocycles. The number of thioether (sulfide) groups is 1. The van der Waals surface area contributed by atoms with Crippen LogP contribution in [0.5, 0.6) is 0 Å². The molecule has 0 spiro atoms. The van der Waals surface area contributed by atoms with Crippen LogP contribution in [0.3, 0.4) is 0 Å². The first kappa shape index (κ1) is 17.6. The van der Waals surface area contributed by atoms with Crippen LogP contribution in [-0.2, 0) is 0 Å². The van der Waals surface area contributed by atoms with Gasteiger partial charge in [0, 0.05) is 4.90 Å². The third kappa shape index (κ3) is 8.39. The van der Waals surface area contributed by atoms with E-state index in [0.29, 0.717) is 10.0 Å². The van der Waals surface area contributed by atoms with Crippen LogP contribution in [0.2, 0.25) is 10.0 Å². The molecule has 0 nitrogen and oxygen atoms in total. The summed E-state index contributed by atoms with van der Waals surface area (Å²) in [5, 5.41) is 1.28. The van der Waals surface area contributed by atoms with Gasteiger partial charge in [0.2, 0.25) is 0 Å². The molecule has 0 bridgehead atoms. The zero-order chi connectivity index (χ0) is 13.9. The lowest BCUT2D eigenvalue weighted by atomic mass is 10.1. The standard InChI is InChI=1S/C15H22Cl2S2/c16-14-9-8-13(12-15(14)17)19-11-7-5-3-1-2-4-6-10-18/h8-9,12,18H,1-7,10-11H2. The number of rotatable bonds is 10. The van der Waals surface area contributed by atoms with E-state index in [-0.39, 0.29) is 0 Å². The molecule has 0 aliphatic heterocycles. The van der Waals surface area contributed by atoms with Gasteiger partial charge in [-0.1, -0.05) is 55.3 Å². The van der Waals surface area contributed by atoms with Crippen LogP contribution in [-0.4, -0.2) is 11.5 Å². The number of hydrogen-bond donors (Lipinski definition) is 1. The van der Waals surface area contributed by atoms with Crippen LogP contribution in [0.1, 0.15) is 44.9 Å². The minimum Gasteiger partial charge on any atom is -0.179 e. The number of halogens is 2. The van der Waals surface area contributed by atoms with Gasteiger partial charge in [0.1, 0.15) is 0 Å². The molecule has 4 heteroatoms. The lowest BCUT2D eigenvalue weighted by molar-refractivity contribution is 0.605. The van der Waals surface area contributed by atoms with Crippen molar-refractivity contribution in [3.05, 3.63) is 28.2 Å². The highest BCUT2D eigenvalue weighted by atomic mass is 35.5. The van der Waals surface area contributed by atoms with Gasteiger partial charge in [0.05, 0.1) is 10.0 Å². The Labute approximate surface area is 137 Å². The third-order valence-corrected chi connectivity index (χ3v) is 5.10. The Hall–Kier alpha value is 0.500. The van der Waals surface area contributed by atoms with Crippen LogP contribution in [0.15, 0.2) is 23.1 Å². The molecular weight excluding hydrogens is 315 g/mol. The van der Waals surface area contributed by atoms with Crippen molar-refractivity contribution in [1.29, 1.82) is 0 Å². The number of unbranched alkanes of at least 4 members (excludes halogenated alkanes) is 6. The van der Waals surface area contributed by atoms with E-state index in [4.69, 9.17) is 23.2 Å². The largest absolute Gasteiger partial charge is 0.179 e. The molecule has 0 N–H and O–H groups in total. The molecular formula is C15H22Cl2S2. The molecule has 1 aromatic rings. The zero-order valence-electron chi connectivity index (χ0n) is 11.2. The third-order valence-electron chi connectivity index (χ3n) is 2.96. The summed E-state index contributed by atoms with van der Waals surface area (Å²) < 4.78 is 0. The molecule has 0 saturated carbocycles. The van der Waals surface area contributed by atoms with E-state index in [1.54, 1.807) is 0 Å². The van der Waals surface area contributed by atoms with E-state index >= 15 is 0 Å². The summed E-state index contributed by atoms with van der Waals surface area (Å²) in [5.41, 5.74) is 0. The highest BCUT2D eigenvalue weighted by Gasteiger charge is 2.00. The summed E-state index contributed by atoms with van der Waals surface area (Å²) in [4.78, 5) is 1.21. The second-order valence-corrected chi connectivity index (χ2v) is 7.05. The van der Waals surface area contributed by atoms with Gasteiger partial charge < -0.3 is 0 Å². The summed E-state index contributed by atoms with van der Waals surface area (Å²) in [6.45, 7) is 0. The summed E-state index contributed by atoms with van der Waals surface area (Å²) in [6, 6.07) is 5.86. The Morgan fingerprint density at radius 2 is 1.47 bits per heavy atom. The molecule has 0 amide bonds. The Balaban J connectivity index is 2.00. The molecule has 0 atom stereocenters. The van der Waals surface area contributed by atoms with E-state index in [1.165, 1.54) is 49.8 Å². The molecule has 0 heterocycles. The first-order valence-electron chi connectivity index (χ1n) is 6.93. The Morgan fingerprint density at radius 1 is 0.842 bits per heavy atom. The smallest absolute Gasteiger partial charge is 0.0603 e. The average Bonchev–Trinajstić information content (AvgIpc) is 2.41. The van der Waals surface area contributed by atoms with Crippen LogP contribution in [0.25, 0.3) is 0 Å². The van der Waals surface area contributed by atoms with E-state index in [9.17, 15) is 0 Å². The first-order valence-corrected chi connectivity index (χ1v) is 9.30. The van der Waals surface area contributed by atoms with Crippen molar-refractivity contribution in [2.75, 3.05) is 11.5 Å². The second-order valence-electron chi connectivity index (χ2n) is 4.62. The molecule has 0 saturated heterocycles. The van der Waals surface area contributed by atoms with Gasteiger partial charge in [0.15, 0.2) is 0 Å². The van der Waals surface area contributed by atoms with Crippen molar-refractivity contribution in [1.82, 2.24) is 0 Å². The van der Waals surface area contributed by atoms with Crippen molar-refractivity contribution in [2.45, 2.75) is 49.8 Å². The SMILES string of the molecule is SCCCCCCCCCSc1ccc(Cl)c(Cl)c1. The Kier molecular flexibility index (Phi) is 10.3. The van der Waals surface area contributed by atoms with Gasteiger partial charge in [0.25, 0.3) is 0 Å². The quantitative estimate of drug-likeness (QED) is 0.280. The van der Waals surface area contributed by atoms with Gasteiger partial charge in [-0.15, -0.1) is 11.8 Å². The van der Waals surface area contributed by atoms with Crippen LogP contribution in [0.4, 0.5) is 0 Å². The van der Waals surface area contributed by atoms with Crippen LogP contribution in [0, 0.1) is 0 Å². The van der Waals surface area contributed by atoms with E-state index < -0.39 is 0 Å². The number of hydrogen-bond acceptors (Lipinski definition) is 2. The number of benzene rings is 1. The molecule has 1 rings (SSSR count). The minimum absolute atomic E-state index is 0.632. The lowest BCUT2D eigenvalue weighted by Crippen LogP contribution is -1.84. The number of thiol groups is 1. The van der Waals surface area contributed by atoms with Gasteiger partial charge in [-0.3, -0.25) is 0 Å². The maximum atomic E-state index is 5.99. The van der Waals surface area contributed by atoms with Crippen molar-refractivity contribution < 1.29 is 0 Å². The van der Waals surface area contributed by atoms with Gasteiger partial charge in [-0.2, -0.15) is 12.6 Å². The fourth-order valence-corrected chi connectivity index (χ4v) is 3.39. The predicted molar refractivity (Wildman–Crippen MR) is 93.4 cm³/mol. The Bertz CT molecular complexity index is 356. The molecule has 0 aliphatic rings. The normalized spacial score (nSPS) is 10.9. The van der Waals surface area contributed by atoms with Gasteiger partial charge >= 0.3 is 0 Å². The van der Waals surface area contributed by atoms with Crippen molar-refractivity contribution in [3.63, 3.8) is 0 Å². The molecule has 0 fully saturated rings. The van der Waals surface area contributed by atoms with Crippen LogP contribution < -0.4 is 0 Å². The summed E-state index contributed by atoms with van der Waals surface area (Å²) in [5.74, 6) is 2.19. The first-order chi connectivity index (χ1) is 9.24. The summed E-state index contributed by atoms with van der Waals surface area (Å²) in [7, 11) is 0. The monoisotopic (exact) mass is 336 g/mol. The molecule has 0 radical (unpaired) electrons. The fourth-order valence-electron chi connectivity index (χ4n) is 1.85. The fraction of sp³-hybridized carbons (Fsp3) is 0.600. The van der Waals surface area contributed by atoms with E-state index in [1.807, 2.05) is 30.0 Å². The predicted octanol–water partition coefficient (Wildman–Crippen LogP) is 6.75. The maximum Gasteiger partial charge on any atom is 0.0603 e. The van der Waals surface area contributed by atoms with Crippen molar-refractivity contribution >= 4 is 47.6 Å². The van der Waals surface area contributed by atoms with Crippen molar-refractivity contribution in [3.8, 4) is 0 Å². The highest BCUT2D eigenvalue weighted by molar-refractivity contribution is 7.99. The van der Waals surface area contributed by atoms with Gasteiger partial charge in [-0.25, -0.2) is 0 Å². The minimum atomic E-state index is 0.632. The summed E-state index contributed by atoms with van der Waals surface area (Å²) >= 11 is 18.0. The molecule has 19 heavy (non-hydrogen) atoms. The second kappa shape index (κ2) is 11.2. The molecule has 0 unspecified atom stereocenters. The van der Waals surface area contributed by atoms with Gasteiger partial charge in [-0.05, 0) is 42.5 Å². The molecule has 0 aromatic heterocycles. The maximum absolute atomic E-state index is 5.99. The average molecular weight is 337 g/mol. The molecule has 1 aromatic carbocycles. The van der Waals surface area contributed by atoms with E-state index in [0.717, 1.165) is 11.5 Å². The van der Waals surface area contributed by atoms with Crippen molar-refractivity contribution in [2.24, 2.45) is 0 Å². The van der Waals surface area contributed by atoms with Crippen LogP contribution >= 0.6 is 47.6 Å².